The first-order chi connectivity index (χ1) is 9.65. The van der Waals surface area contributed by atoms with Crippen molar-refractivity contribution in [3.8, 4) is 11.5 Å². The minimum absolute atomic E-state index is 0. The van der Waals surface area contributed by atoms with Crippen molar-refractivity contribution >= 4 is 35.6 Å². The fraction of sp³-hybridized carbons (Fsp3) is 0.385. The molecule has 0 aliphatic carbocycles. The van der Waals surface area contributed by atoms with Gasteiger partial charge in [-0.05, 0) is 25.2 Å². The summed E-state index contributed by atoms with van der Waals surface area (Å²) in [6, 6.07) is 5.28. The van der Waals surface area contributed by atoms with Crippen LogP contribution in [0.5, 0.6) is 0 Å². The van der Waals surface area contributed by atoms with E-state index in [1.165, 1.54) is 0 Å². The van der Waals surface area contributed by atoms with E-state index in [2.05, 4.69) is 20.4 Å². The number of rotatable bonds is 2. The molecule has 1 aliphatic heterocycles. The maximum atomic E-state index is 6.15. The molecule has 8 heteroatoms. The zero-order chi connectivity index (χ0) is 14.1. The second-order valence-corrected chi connectivity index (χ2v) is 5.63. The van der Waals surface area contributed by atoms with Gasteiger partial charge in [-0.15, -0.1) is 12.4 Å². The maximum Gasteiger partial charge on any atom is 0.259 e. The van der Waals surface area contributed by atoms with Crippen LogP contribution in [0.1, 0.15) is 11.9 Å². The molecule has 2 heterocycles. The van der Waals surface area contributed by atoms with Gasteiger partial charge >= 0.3 is 0 Å². The molecule has 1 saturated heterocycles. The first-order valence-electron chi connectivity index (χ1n) is 6.35. The van der Waals surface area contributed by atoms with E-state index >= 15 is 0 Å². The first-order valence-corrected chi connectivity index (χ1v) is 7.11. The highest BCUT2D eigenvalue weighted by molar-refractivity contribution is 6.35. The van der Waals surface area contributed by atoms with E-state index in [1.54, 1.807) is 18.2 Å². The predicted molar refractivity (Wildman–Crippen MR) is 85.2 cm³/mol. The molecule has 2 aromatic rings. The predicted octanol–water partition coefficient (Wildman–Crippen LogP) is 3.04. The lowest BCUT2D eigenvalue weighted by Gasteiger charge is -2.30. The minimum Gasteiger partial charge on any atom is -0.334 e. The van der Waals surface area contributed by atoms with Crippen LogP contribution in [0.3, 0.4) is 0 Å². The zero-order valence-electron chi connectivity index (χ0n) is 11.3. The Morgan fingerprint density at radius 3 is 2.95 bits per heavy atom. The molecule has 1 aliphatic rings. The Labute approximate surface area is 139 Å². The average molecular weight is 350 g/mol. The van der Waals surface area contributed by atoms with Crippen LogP contribution < -0.4 is 5.32 Å². The van der Waals surface area contributed by atoms with Crippen LogP contribution in [0.4, 0.5) is 0 Å². The summed E-state index contributed by atoms with van der Waals surface area (Å²) in [6.45, 7) is 2.73. The van der Waals surface area contributed by atoms with Crippen LogP contribution in [0.15, 0.2) is 22.7 Å². The number of nitrogens with one attached hydrogen (secondary N) is 1. The molecule has 0 bridgehead atoms. The fourth-order valence-electron chi connectivity index (χ4n) is 2.24. The molecule has 0 amide bonds. The van der Waals surface area contributed by atoms with Crippen molar-refractivity contribution in [1.82, 2.24) is 20.4 Å². The molecule has 0 saturated carbocycles. The van der Waals surface area contributed by atoms with E-state index in [9.17, 15) is 0 Å². The van der Waals surface area contributed by atoms with Crippen LogP contribution in [-0.4, -0.2) is 41.7 Å². The van der Waals surface area contributed by atoms with Crippen molar-refractivity contribution in [3.63, 3.8) is 0 Å². The minimum atomic E-state index is 0. The largest absolute Gasteiger partial charge is 0.334 e. The number of hydrogen-bond acceptors (Lipinski definition) is 5. The molecular formula is C13H15Cl3N4O. The topological polar surface area (TPSA) is 54.2 Å². The van der Waals surface area contributed by atoms with Gasteiger partial charge in [0.05, 0.1) is 16.6 Å². The molecule has 1 aromatic heterocycles. The highest BCUT2D eigenvalue weighted by Gasteiger charge is 2.25. The SMILES string of the molecule is CN1CCNCC1c1noc(-c2cc(Cl)ccc2Cl)n1.Cl. The van der Waals surface area contributed by atoms with E-state index < -0.39 is 0 Å². The Kier molecular flexibility index (Phi) is 5.46. The molecule has 3 rings (SSSR count). The molecule has 1 fully saturated rings. The van der Waals surface area contributed by atoms with Gasteiger partial charge in [-0.2, -0.15) is 4.98 Å². The van der Waals surface area contributed by atoms with Gasteiger partial charge < -0.3 is 9.84 Å². The van der Waals surface area contributed by atoms with Gasteiger partial charge in [-0.3, -0.25) is 4.90 Å². The lowest BCUT2D eigenvalue weighted by atomic mass is 10.2. The number of piperazine rings is 1. The number of nitrogens with zero attached hydrogens (tertiary/aromatic N) is 3. The van der Waals surface area contributed by atoms with Crippen molar-refractivity contribution in [3.05, 3.63) is 34.1 Å². The second-order valence-electron chi connectivity index (χ2n) is 4.78. The summed E-state index contributed by atoms with van der Waals surface area (Å²) in [5.41, 5.74) is 0.657. The third kappa shape index (κ3) is 3.49. The van der Waals surface area contributed by atoms with E-state index in [0.29, 0.717) is 27.3 Å². The smallest absolute Gasteiger partial charge is 0.259 e. The van der Waals surface area contributed by atoms with Crippen LogP contribution >= 0.6 is 35.6 Å². The van der Waals surface area contributed by atoms with Gasteiger partial charge in [0.2, 0.25) is 0 Å². The van der Waals surface area contributed by atoms with Gasteiger partial charge in [-0.1, -0.05) is 28.4 Å². The number of benzene rings is 1. The van der Waals surface area contributed by atoms with Crippen LogP contribution in [0, 0.1) is 0 Å². The van der Waals surface area contributed by atoms with Crippen molar-refractivity contribution < 1.29 is 4.52 Å². The average Bonchev–Trinajstić information content (AvgIpc) is 2.91. The van der Waals surface area contributed by atoms with Crippen molar-refractivity contribution in [1.29, 1.82) is 0 Å². The molecule has 5 nitrogen and oxygen atoms in total. The molecule has 0 spiro atoms. The fourth-order valence-corrected chi connectivity index (χ4v) is 2.61. The van der Waals surface area contributed by atoms with E-state index in [4.69, 9.17) is 27.7 Å². The number of hydrogen-bond donors (Lipinski definition) is 1. The Bertz CT molecular complexity index is 619. The van der Waals surface area contributed by atoms with Gasteiger partial charge in [0.25, 0.3) is 5.89 Å². The van der Waals surface area contributed by atoms with Gasteiger partial charge in [0.1, 0.15) is 0 Å². The summed E-state index contributed by atoms with van der Waals surface area (Å²) < 4.78 is 5.33. The Morgan fingerprint density at radius 2 is 2.19 bits per heavy atom. The van der Waals surface area contributed by atoms with Crippen LogP contribution in [-0.2, 0) is 0 Å². The lowest BCUT2D eigenvalue weighted by molar-refractivity contribution is 0.190. The summed E-state index contributed by atoms with van der Waals surface area (Å²) in [4.78, 5) is 6.65. The van der Waals surface area contributed by atoms with Gasteiger partial charge in [0, 0.05) is 24.7 Å². The summed E-state index contributed by atoms with van der Waals surface area (Å²) in [6.07, 6.45) is 0. The zero-order valence-corrected chi connectivity index (χ0v) is 13.7. The third-order valence-corrected chi connectivity index (χ3v) is 3.97. The lowest BCUT2D eigenvalue weighted by Crippen LogP contribution is -2.44. The molecule has 0 radical (unpaired) electrons. The maximum absolute atomic E-state index is 6.15. The number of likely N-dealkylation sites (N-methyl/N-ethyl adjacent to an activating group) is 1. The van der Waals surface area contributed by atoms with Crippen molar-refractivity contribution in [2.24, 2.45) is 0 Å². The van der Waals surface area contributed by atoms with E-state index in [0.717, 1.165) is 19.6 Å². The summed E-state index contributed by atoms with van der Waals surface area (Å²) >= 11 is 12.1. The Morgan fingerprint density at radius 1 is 1.38 bits per heavy atom. The quantitative estimate of drug-likeness (QED) is 0.903. The summed E-state index contributed by atoms with van der Waals surface area (Å²) in [5, 5.41) is 8.52. The van der Waals surface area contributed by atoms with E-state index in [1.807, 2.05) is 7.05 Å². The highest BCUT2D eigenvalue weighted by Crippen LogP contribution is 2.30. The first kappa shape index (κ1) is 16.5. The van der Waals surface area contributed by atoms with Gasteiger partial charge in [-0.25, -0.2) is 0 Å². The van der Waals surface area contributed by atoms with Crippen LogP contribution in [0.25, 0.3) is 11.5 Å². The summed E-state index contributed by atoms with van der Waals surface area (Å²) in [7, 11) is 2.05. The van der Waals surface area contributed by atoms with Crippen molar-refractivity contribution in [2.75, 3.05) is 26.7 Å². The molecule has 1 atom stereocenters. The highest BCUT2D eigenvalue weighted by atomic mass is 35.5. The van der Waals surface area contributed by atoms with E-state index in [-0.39, 0.29) is 18.4 Å². The Balaban J connectivity index is 0.00000161. The standard InChI is InChI=1S/C13H14Cl2N4O.ClH/c1-19-5-4-16-7-11(19)12-17-13(20-18-12)9-6-8(14)2-3-10(9)15;/h2-3,6,11,16H,4-5,7H2,1H3;1H. The molecular weight excluding hydrogens is 335 g/mol. The molecule has 1 N–H and O–H groups in total. The number of halogens is 3. The van der Waals surface area contributed by atoms with Gasteiger partial charge in [0.15, 0.2) is 5.82 Å². The number of aromatic nitrogens is 2. The monoisotopic (exact) mass is 348 g/mol. The van der Waals surface area contributed by atoms with Crippen molar-refractivity contribution in [2.45, 2.75) is 6.04 Å². The van der Waals surface area contributed by atoms with Crippen LogP contribution in [0.2, 0.25) is 10.0 Å². The molecule has 114 valence electrons. The molecule has 21 heavy (non-hydrogen) atoms. The third-order valence-electron chi connectivity index (χ3n) is 3.41. The second kappa shape index (κ2) is 6.94. The Hall–Kier alpha value is -0.850. The normalized spacial score (nSPS) is 19.3. The summed E-state index contributed by atoms with van der Waals surface area (Å²) in [5.74, 6) is 1.05. The molecule has 1 aromatic carbocycles. The molecule has 1 unspecified atom stereocenters.